The Balaban J connectivity index is 1.53. The molecule has 0 unspecified atom stereocenters. The molecule has 1 aliphatic rings. The van der Waals surface area contributed by atoms with Crippen molar-refractivity contribution < 1.29 is 31.6 Å². The van der Waals surface area contributed by atoms with Crippen molar-refractivity contribution in [1.29, 1.82) is 0 Å². The highest BCUT2D eigenvalue weighted by molar-refractivity contribution is 5.69. The van der Waals surface area contributed by atoms with Crippen LogP contribution in [0.3, 0.4) is 0 Å². The Bertz CT molecular complexity index is 870. The van der Waals surface area contributed by atoms with Crippen LogP contribution in [-0.4, -0.2) is 38.4 Å². The van der Waals surface area contributed by atoms with Gasteiger partial charge in [0.15, 0.2) is 5.82 Å². The minimum absolute atomic E-state index is 0.00944. The van der Waals surface area contributed by atoms with Gasteiger partial charge in [-0.25, -0.2) is 8.78 Å². The normalized spacial score (nSPS) is 15.9. The number of nitrogens with two attached hydrogens (primary N) is 1. The van der Waals surface area contributed by atoms with Gasteiger partial charge in [0, 0.05) is 18.7 Å². The topological polar surface area (TPSA) is 86.3 Å². The molecule has 0 spiro atoms. The van der Waals surface area contributed by atoms with E-state index in [9.17, 15) is 26.7 Å². The molecule has 1 aromatic heterocycles. The number of halogens is 5. The molecule has 12 heteroatoms. The van der Waals surface area contributed by atoms with Gasteiger partial charge in [-0.15, -0.1) is 15.3 Å². The van der Waals surface area contributed by atoms with Crippen LogP contribution in [0, 0.1) is 11.6 Å². The van der Waals surface area contributed by atoms with Crippen LogP contribution in [0.2, 0.25) is 0 Å². The number of aromatic nitrogens is 3. The minimum Gasteiger partial charge on any atom is -0.367 e. The largest absolute Gasteiger partial charge is 0.451 e. The van der Waals surface area contributed by atoms with Gasteiger partial charge in [-0.05, 0) is 18.1 Å². The van der Waals surface area contributed by atoms with Gasteiger partial charge >= 0.3 is 12.1 Å². The molecule has 0 amide bonds. The summed E-state index contributed by atoms with van der Waals surface area (Å²) >= 11 is 0. The molecule has 3 rings (SSSR count). The fourth-order valence-electron chi connectivity index (χ4n) is 2.86. The van der Waals surface area contributed by atoms with Crippen molar-refractivity contribution in [2.24, 2.45) is 5.73 Å². The summed E-state index contributed by atoms with van der Waals surface area (Å²) in [6, 6.07) is 2.27. The summed E-state index contributed by atoms with van der Waals surface area (Å²) in [6.45, 7) is -0.240. The third-order valence-corrected chi connectivity index (χ3v) is 4.13. The molecule has 1 aliphatic heterocycles. The molecule has 0 bridgehead atoms. The van der Waals surface area contributed by atoms with Crippen molar-refractivity contribution in [3.8, 4) is 0 Å². The van der Waals surface area contributed by atoms with E-state index in [1.807, 2.05) is 0 Å². The lowest BCUT2D eigenvalue weighted by Gasteiger charge is -2.26. The number of fused-ring (bicyclic) bond motifs is 1. The van der Waals surface area contributed by atoms with Crippen LogP contribution in [0.4, 0.5) is 22.0 Å². The van der Waals surface area contributed by atoms with Crippen LogP contribution in [0.15, 0.2) is 18.2 Å². The van der Waals surface area contributed by atoms with Crippen molar-refractivity contribution in [2.75, 3.05) is 6.54 Å². The molecule has 0 aliphatic carbocycles. The standard InChI is InChI=1S/C16H16F5N5O2/c17-10-2-1-9(12(18)6-10)5-11(22)7-14(27)28-25-3-4-26-13(8-25)23-24-15(26)16(19,20)21/h1-2,6,11H,3-5,7-8,22H2/t11-/m1/s1. The van der Waals surface area contributed by atoms with Gasteiger partial charge in [-0.1, -0.05) is 6.07 Å². The van der Waals surface area contributed by atoms with Crippen LogP contribution >= 0.6 is 0 Å². The van der Waals surface area contributed by atoms with E-state index >= 15 is 0 Å². The predicted molar refractivity (Wildman–Crippen MR) is 84.2 cm³/mol. The lowest BCUT2D eigenvalue weighted by Crippen LogP contribution is -2.38. The number of hydroxylamine groups is 2. The summed E-state index contributed by atoms with van der Waals surface area (Å²) in [4.78, 5) is 17.1. The Kier molecular flexibility index (Phi) is 5.61. The van der Waals surface area contributed by atoms with E-state index in [4.69, 9.17) is 10.6 Å². The Hall–Kier alpha value is -2.60. The van der Waals surface area contributed by atoms with Crippen LogP contribution in [-0.2, 0) is 35.3 Å². The number of carbonyl (C=O) groups is 1. The lowest BCUT2D eigenvalue weighted by atomic mass is 10.0. The first-order valence-corrected chi connectivity index (χ1v) is 8.28. The maximum atomic E-state index is 13.6. The van der Waals surface area contributed by atoms with Gasteiger partial charge in [0.25, 0.3) is 0 Å². The second kappa shape index (κ2) is 7.80. The van der Waals surface area contributed by atoms with E-state index in [0.717, 1.165) is 21.8 Å². The van der Waals surface area contributed by atoms with Crippen LogP contribution in [0.1, 0.15) is 23.6 Å². The molecule has 2 heterocycles. The van der Waals surface area contributed by atoms with Gasteiger partial charge in [0.05, 0.1) is 19.5 Å². The second-order valence-electron chi connectivity index (χ2n) is 6.32. The fourth-order valence-corrected chi connectivity index (χ4v) is 2.86. The van der Waals surface area contributed by atoms with Crippen LogP contribution in [0.25, 0.3) is 0 Å². The molecule has 2 N–H and O–H groups in total. The highest BCUT2D eigenvalue weighted by Gasteiger charge is 2.39. The van der Waals surface area contributed by atoms with Gasteiger partial charge in [-0.2, -0.15) is 13.2 Å². The zero-order valence-corrected chi connectivity index (χ0v) is 14.4. The van der Waals surface area contributed by atoms with Crippen molar-refractivity contribution in [2.45, 2.75) is 38.1 Å². The SMILES string of the molecule is N[C@@H](CC(=O)ON1CCn2c(nnc2C(F)(F)F)C1)Cc1ccc(F)cc1F. The number of nitrogens with zero attached hydrogens (tertiary/aromatic N) is 4. The number of carbonyl (C=O) groups excluding carboxylic acids is 1. The van der Waals surface area contributed by atoms with Crippen molar-refractivity contribution in [3.63, 3.8) is 0 Å². The van der Waals surface area contributed by atoms with Crippen LogP contribution in [0.5, 0.6) is 0 Å². The van der Waals surface area contributed by atoms with E-state index in [-0.39, 0.29) is 43.9 Å². The minimum atomic E-state index is -4.62. The summed E-state index contributed by atoms with van der Waals surface area (Å²) < 4.78 is 65.9. The molecule has 0 fully saturated rings. The summed E-state index contributed by atoms with van der Waals surface area (Å²) in [5, 5.41) is 7.77. The molecule has 0 radical (unpaired) electrons. The van der Waals surface area contributed by atoms with Gasteiger partial charge in [0.2, 0.25) is 5.82 Å². The molecular formula is C16H16F5N5O2. The first-order chi connectivity index (χ1) is 13.1. The smallest absolute Gasteiger partial charge is 0.367 e. The maximum absolute atomic E-state index is 13.6. The Morgan fingerprint density at radius 3 is 2.68 bits per heavy atom. The Labute approximate surface area is 155 Å². The number of hydrogen-bond acceptors (Lipinski definition) is 6. The summed E-state index contributed by atoms with van der Waals surface area (Å²) in [5.74, 6) is -3.29. The highest BCUT2D eigenvalue weighted by atomic mass is 19.4. The van der Waals surface area contributed by atoms with E-state index in [0.29, 0.717) is 0 Å². The third kappa shape index (κ3) is 4.62. The van der Waals surface area contributed by atoms with Crippen molar-refractivity contribution >= 4 is 5.97 Å². The van der Waals surface area contributed by atoms with Gasteiger partial charge < -0.3 is 15.1 Å². The number of rotatable bonds is 5. The molecule has 2 aromatic rings. The molecule has 152 valence electrons. The zero-order chi connectivity index (χ0) is 20.5. The first kappa shape index (κ1) is 20.1. The zero-order valence-electron chi connectivity index (χ0n) is 14.4. The molecule has 28 heavy (non-hydrogen) atoms. The molecular weight excluding hydrogens is 389 g/mol. The van der Waals surface area contributed by atoms with E-state index in [1.54, 1.807) is 0 Å². The Morgan fingerprint density at radius 2 is 2.00 bits per heavy atom. The molecule has 1 atom stereocenters. The lowest BCUT2D eigenvalue weighted by molar-refractivity contribution is -0.199. The fraction of sp³-hybridized carbons (Fsp3) is 0.438. The molecule has 1 aromatic carbocycles. The van der Waals surface area contributed by atoms with E-state index < -0.39 is 35.6 Å². The predicted octanol–water partition coefficient (Wildman–Crippen LogP) is 1.81. The Morgan fingerprint density at radius 1 is 1.25 bits per heavy atom. The maximum Gasteiger partial charge on any atom is 0.451 e. The quantitative estimate of drug-likeness (QED) is 0.764. The average Bonchev–Trinajstić information content (AvgIpc) is 3.00. The average molecular weight is 405 g/mol. The number of hydrogen-bond donors (Lipinski definition) is 1. The van der Waals surface area contributed by atoms with Crippen molar-refractivity contribution in [3.05, 3.63) is 47.0 Å². The molecule has 0 saturated carbocycles. The first-order valence-electron chi connectivity index (χ1n) is 8.28. The summed E-state index contributed by atoms with van der Waals surface area (Å²) in [6.07, 6.45) is -4.88. The van der Waals surface area contributed by atoms with Crippen LogP contribution < -0.4 is 5.73 Å². The summed E-state index contributed by atoms with van der Waals surface area (Å²) in [7, 11) is 0. The highest BCUT2D eigenvalue weighted by Crippen LogP contribution is 2.29. The van der Waals surface area contributed by atoms with Gasteiger partial charge in [-0.3, -0.25) is 4.79 Å². The summed E-state index contributed by atoms with van der Waals surface area (Å²) in [5.41, 5.74) is 5.97. The van der Waals surface area contributed by atoms with E-state index in [2.05, 4.69) is 10.2 Å². The van der Waals surface area contributed by atoms with Gasteiger partial charge in [0.1, 0.15) is 11.6 Å². The number of benzene rings is 1. The number of alkyl halides is 3. The monoisotopic (exact) mass is 405 g/mol. The molecule has 0 saturated heterocycles. The van der Waals surface area contributed by atoms with Crippen molar-refractivity contribution in [1.82, 2.24) is 19.8 Å². The molecule has 7 nitrogen and oxygen atoms in total. The van der Waals surface area contributed by atoms with E-state index in [1.165, 1.54) is 6.07 Å². The third-order valence-electron chi connectivity index (χ3n) is 4.13. The second-order valence-corrected chi connectivity index (χ2v) is 6.32.